The van der Waals surface area contributed by atoms with Gasteiger partial charge in [0.1, 0.15) is 0 Å². The van der Waals surface area contributed by atoms with Gasteiger partial charge in [0, 0.05) is 30.1 Å². The third kappa shape index (κ3) is 3.79. The fourth-order valence-electron chi connectivity index (χ4n) is 2.52. The molecule has 0 radical (unpaired) electrons. The van der Waals surface area contributed by atoms with Crippen LogP contribution in [0.25, 0.3) is 10.9 Å². The van der Waals surface area contributed by atoms with Crippen LogP contribution in [0.4, 0.5) is 0 Å². The van der Waals surface area contributed by atoms with Crippen LogP contribution in [-0.2, 0) is 17.8 Å². The number of thioether (sulfide) groups is 1. The summed E-state index contributed by atoms with van der Waals surface area (Å²) < 4.78 is 2.31. The van der Waals surface area contributed by atoms with Crippen molar-refractivity contribution in [3.05, 3.63) is 36.0 Å². The molecule has 0 saturated heterocycles. The van der Waals surface area contributed by atoms with Crippen LogP contribution in [0.3, 0.4) is 0 Å². The number of hydrogen-bond acceptors (Lipinski definition) is 2. The Kier molecular flexibility index (Phi) is 5.53. The van der Waals surface area contributed by atoms with Crippen molar-refractivity contribution in [3.63, 3.8) is 0 Å². The zero-order valence-electron chi connectivity index (χ0n) is 11.8. The molecule has 20 heavy (non-hydrogen) atoms. The van der Waals surface area contributed by atoms with E-state index in [0.29, 0.717) is 6.42 Å². The lowest BCUT2D eigenvalue weighted by atomic mass is 10.1. The maximum absolute atomic E-state index is 10.6. The van der Waals surface area contributed by atoms with Crippen molar-refractivity contribution in [3.8, 4) is 0 Å². The lowest BCUT2D eigenvalue weighted by Gasteiger charge is -2.03. The van der Waals surface area contributed by atoms with Crippen LogP contribution < -0.4 is 0 Å². The van der Waals surface area contributed by atoms with E-state index in [2.05, 4.69) is 41.3 Å². The van der Waals surface area contributed by atoms with Crippen LogP contribution in [-0.4, -0.2) is 27.7 Å². The van der Waals surface area contributed by atoms with Crippen molar-refractivity contribution < 1.29 is 9.90 Å². The molecule has 0 saturated carbocycles. The number of fused-ring (bicyclic) bond motifs is 1. The standard InChI is InChI=1S/C16H21NO2S/c1-20-11-5-10-17-12-13(6-4-9-16(18)19)14-7-2-3-8-15(14)17/h2-3,7-8,12H,4-6,9-11H2,1H3,(H,18,19). The highest BCUT2D eigenvalue weighted by Gasteiger charge is 2.08. The molecule has 4 heteroatoms. The molecule has 2 aromatic rings. The second-order valence-corrected chi connectivity index (χ2v) is 5.94. The average molecular weight is 291 g/mol. The molecule has 1 heterocycles. The van der Waals surface area contributed by atoms with E-state index in [1.807, 2.05) is 11.8 Å². The Morgan fingerprint density at radius 1 is 1.30 bits per heavy atom. The highest BCUT2D eigenvalue weighted by atomic mass is 32.2. The van der Waals surface area contributed by atoms with Crippen LogP contribution in [0.15, 0.2) is 30.5 Å². The van der Waals surface area contributed by atoms with Gasteiger partial charge in [0.25, 0.3) is 0 Å². The molecular formula is C16H21NO2S. The summed E-state index contributed by atoms with van der Waals surface area (Å²) in [6, 6.07) is 8.40. The van der Waals surface area contributed by atoms with Gasteiger partial charge in [-0.2, -0.15) is 11.8 Å². The third-order valence-electron chi connectivity index (χ3n) is 3.46. The molecule has 108 valence electrons. The number of carboxylic acids is 1. The maximum atomic E-state index is 10.6. The number of nitrogens with zero attached hydrogens (tertiary/aromatic N) is 1. The second-order valence-electron chi connectivity index (χ2n) is 4.96. The number of benzene rings is 1. The van der Waals surface area contributed by atoms with Gasteiger partial charge < -0.3 is 9.67 Å². The fraction of sp³-hybridized carbons (Fsp3) is 0.438. The summed E-state index contributed by atoms with van der Waals surface area (Å²) in [6.07, 6.45) is 7.27. The van der Waals surface area contributed by atoms with Crippen molar-refractivity contribution >= 4 is 28.6 Å². The van der Waals surface area contributed by atoms with E-state index in [4.69, 9.17) is 5.11 Å². The van der Waals surface area contributed by atoms with Crippen LogP contribution >= 0.6 is 11.8 Å². The number of aliphatic carboxylic acids is 1. The fourth-order valence-corrected chi connectivity index (χ4v) is 2.93. The van der Waals surface area contributed by atoms with E-state index >= 15 is 0 Å². The molecule has 2 rings (SSSR count). The number of hydrogen-bond donors (Lipinski definition) is 1. The number of carboxylic acid groups (broad SMARTS) is 1. The van der Waals surface area contributed by atoms with Crippen LogP contribution in [0.1, 0.15) is 24.8 Å². The smallest absolute Gasteiger partial charge is 0.303 e. The minimum atomic E-state index is -0.714. The summed E-state index contributed by atoms with van der Waals surface area (Å²) in [6.45, 7) is 1.03. The SMILES string of the molecule is CSCCCn1cc(CCCC(=O)O)c2ccccc21. The summed E-state index contributed by atoms with van der Waals surface area (Å²) in [5.74, 6) is 0.453. The Morgan fingerprint density at radius 2 is 2.10 bits per heavy atom. The Bertz CT molecular complexity index is 577. The lowest BCUT2D eigenvalue weighted by molar-refractivity contribution is -0.137. The zero-order chi connectivity index (χ0) is 14.4. The van der Waals surface area contributed by atoms with E-state index < -0.39 is 5.97 Å². The first kappa shape index (κ1) is 15.0. The number of para-hydroxylation sites is 1. The maximum Gasteiger partial charge on any atom is 0.303 e. The molecule has 1 aromatic carbocycles. The highest BCUT2D eigenvalue weighted by Crippen LogP contribution is 2.23. The largest absolute Gasteiger partial charge is 0.481 e. The van der Waals surface area contributed by atoms with E-state index in [1.54, 1.807) is 0 Å². The topological polar surface area (TPSA) is 42.2 Å². The van der Waals surface area contributed by atoms with E-state index in [1.165, 1.54) is 22.2 Å². The Balaban J connectivity index is 2.14. The van der Waals surface area contributed by atoms with Crippen molar-refractivity contribution in [1.82, 2.24) is 4.57 Å². The van der Waals surface area contributed by atoms with Crippen molar-refractivity contribution in [2.75, 3.05) is 12.0 Å². The molecule has 0 spiro atoms. The molecule has 0 bridgehead atoms. The van der Waals surface area contributed by atoms with E-state index in [0.717, 1.165) is 19.4 Å². The van der Waals surface area contributed by atoms with Crippen LogP contribution in [0.2, 0.25) is 0 Å². The molecule has 0 aliphatic carbocycles. The van der Waals surface area contributed by atoms with Crippen LogP contribution in [0.5, 0.6) is 0 Å². The third-order valence-corrected chi connectivity index (χ3v) is 4.15. The minimum absolute atomic E-state index is 0.242. The summed E-state index contributed by atoms with van der Waals surface area (Å²) in [7, 11) is 0. The lowest BCUT2D eigenvalue weighted by Crippen LogP contribution is -1.97. The predicted octanol–water partition coefficient (Wildman–Crippen LogP) is 3.80. The predicted molar refractivity (Wildman–Crippen MR) is 85.5 cm³/mol. The number of rotatable bonds is 8. The molecule has 0 atom stereocenters. The molecular weight excluding hydrogens is 270 g/mol. The van der Waals surface area contributed by atoms with Gasteiger partial charge >= 0.3 is 5.97 Å². The van der Waals surface area contributed by atoms with Gasteiger partial charge in [0.15, 0.2) is 0 Å². The average Bonchev–Trinajstić information content (AvgIpc) is 2.78. The molecule has 0 aliphatic rings. The second kappa shape index (κ2) is 7.39. The first-order valence-electron chi connectivity index (χ1n) is 7.00. The molecule has 1 N–H and O–H groups in total. The summed E-state index contributed by atoms with van der Waals surface area (Å²) in [5.41, 5.74) is 2.53. The van der Waals surface area contributed by atoms with Crippen molar-refractivity contribution in [2.24, 2.45) is 0 Å². The molecule has 0 amide bonds. The van der Waals surface area contributed by atoms with Crippen LogP contribution in [0, 0.1) is 0 Å². The Morgan fingerprint density at radius 3 is 2.85 bits per heavy atom. The van der Waals surface area contributed by atoms with Gasteiger partial charge in [-0.15, -0.1) is 0 Å². The summed E-state index contributed by atoms with van der Waals surface area (Å²) in [5, 5.41) is 10.0. The Hall–Kier alpha value is -1.42. The van der Waals surface area contributed by atoms with E-state index in [9.17, 15) is 4.79 Å². The van der Waals surface area contributed by atoms with Gasteiger partial charge in [-0.05, 0) is 42.9 Å². The van der Waals surface area contributed by atoms with Crippen molar-refractivity contribution in [2.45, 2.75) is 32.2 Å². The van der Waals surface area contributed by atoms with Gasteiger partial charge in [-0.1, -0.05) is 18.2 Å². The molecule has 1 aromatic heterocycles. The van der Waals surface area contributed by atoms with Crippen molar-refractivity contribution in [1.29, 1.82) is 0 Å². The normalized spacial score (nSPS) is 11.1. The number of aryl methyl sites for hydroxylation is 2. The first-order chi connectivity index (χ1) is 9.72. The first-order valence-corrected chi connectivity index (χ1v) is 8.39. The van der Waals surface area contributed by atoms with E-state index in [-0.39, 0.29) is 6.42 Å². The van der Waals surface area contributed by atoms with Gasteiger partial charge in [0.05, 0.1) is 0 Å². The van der Waals surface area contributed by atoms with Gasteiger partial charge in [-0.3, -0.25) is 4.79 Å². The molecule has 3 nitrogen and oxygen atoms in total. The monoisotopic (exact) mass is 291 g/mol. The number of carbonyl (C=O) groups is 1. The summed E-state index contributed by atoms with van der Waals surface area (Å²) in [4.78, 5) is 10.6. The highest BCUT2D eigenvalue weighted by molar-refractivity contribution is 7.98. The molecule has 0 aliphatic heterocycles. The quantitative estimate of drug-likeness (QED) is 0.752. The Labute approximate surface area is 124 Å². The zero-order valence-corrected chi connectivity index (χ0v) is 12.7. The number of aromatic nitrogens is 1. The molecule has 0 unspecified atom stereocenters. The summed E-state index contributed by atoms with van der Waals surface area (Å²) >= 11 is 1.87. The molecule has 0 fully saturated rings. The minimum Gasteiger partial charge on any atom is -0.481 e. The van der Waals surface area contributed by atoms with Gasteiger partial charge in [0.2, 0.25) is 0 Å². The van der Waals surface area contributed by atoms with Gasteiger partial charge in [-0.25, -0.2) is 0 Å².